The van der Waals surface area contributed by atoms with Gasteiger partial charge in [-0.15, -0.1) is 0 Å². The van der Waals surface area contributed by atoms with E-state index in [0.717, 1.165) is 0 Å². The summed E-state index contributed by atoms with van der Waals surface area (Å²) in [5.41, 5.74) is 0.0706. The molecule has 2 heterocycles. The van der Waals surface area contributed by atoms with Crippen LogP contribution in [0.3, 0.4) is 0 Å². The summed E-state index contributed by atoms with van der Waals surface area (Å²) in [4.78, 5) is 57.9. The second kappa shape index (κ2) is 8.92. The van der Waals surface area contributed by atoms with E-state index in [1.807, 2.05) is 0 Å². The van der Waals surface area contributed by atoms with Gasteiger partial charge in [-0.3, -0.25) is 19.0 Å². The maximum Gasteiger partial charge on any atom is 0.434 e. The molecule has 0 saturated heterocycles. The molecule has 0 spiro atoms. The zero-order valence-corrected chi connectivity index (χ0v) is 20.7. The second-order valence-electron chi connectivity index (χ2n) is 9.75. The van der Waals surface area contributed by atoms with Crippen molar-refractivity contribution in [3.05, 3.63) is 45.5 Å². The number of amides is 3. The molecule has 35 heavy (non-hydrogen) atoms. The first-order valence-electron chi connectivity index (χ1n) is 11.1. The molecule has 1 aromatic heterocycles. The van der Waals surface area contributed by atoms with Crippen molar-refractivity contribution in [2.24, 2.45) is 10.4 Å². The monoisotopic (exact) mass is 499 g/mol. The van der Waals surface area contributed by atoms with Crippen molar-refractivity contribution < 1.29 is 19.1 Å². The van der Waals surface area contributed by atoms with E-state index in [0.29, 0.717) is 46.3 Å². The number of cyclic esters (lactones) is 1. The number of aromatic nitrogens is 2. The van der Waals surface area contributed by atoms with Gasteiger partial charge in [0.2, 0.25) is 11.8 Å². The van der Waals surface area contributed by atoms with Gasteiger partial charge < -0.3 is 15.4 Å². The van der Waals surface area contributed by atoms with E-state index in [9.17, 15) is 19.2 Å². The van der Waals surface area contributed by atoms with Gasteiger partial charge in [0.15, 0.2) is 0 Å². The molecule has 2 aromatic rings. The van der Waals surface area contributed by atoms with Crippen molar-refractivity contribution in [1.29, 1.82) is 0 Å². The first-order valence-corrected chi connectivity index (χ1v) is 11.5. The van der Waals surface area contributed by atoms with Crippen molar-refractivity contribution in [2.75, 3.05) is 11.9 Å². The fraction of sp³-hybridized carbons (Fsp3) is 0.417. The van der Waals surface area contributed by atoms with Crippen molar-refractivity contribution >= 4 is 40.9 Å². The molecular weight excluding hydrogens is 474 g/mol. The zero-order valence-electron chi connectivity index (χ0n) is 19.9. The van der Waals surface area contributed by atoms with Crippen LogP contribution in [0.1, 0.15) is 39.4 Å². The number of aryl methyl sites for hydroxylation is 1. The molecule has 1 aliphatic heterocycles. The first-order chi connectivity index (χ1) is 16.4. The average Bonchev–Trinajstić information content (AvgIpc) is 3.39. The van der Waals surface area contributed by atoms with Crippen LogP contribution in [0.4, 0.5) is 10.5 Å². The summed E-state index contributed by atoms with van der Waals surface area (Å²) in [7, 11) is 0. The topological polar surface area (TPSA) is 132 Å². The van der Waals surface area contributed by atoms with Crippen LogP contribution < -0.4 is 16.2 Å². The third-order valence-corrected chi connectivity index (χ3v) is 6.16. The number of halogens is 1. The van der Waals surface area contributed by atoms with E-state index >= 15 is 0 Å². The van der Waals surface area contributed by atoms with Crippen molar-refractivity contribution in [3.63, 3.8) is 0 Å². The maximum atomic E-state index is 13.0. The van der Waals surface area contributed by atoms with Crippen molar-refractivity contribution in [3.8, 4) is 11.3 Å². The highest BCUT2D eigenvalue weighted by atomic mass is 35.5. The Labute approximate surface area is 206 Å². The smallest absolute Gasteiger partial charge is 0.434 e. The Morgan fingerprint density at radius 1 is 1.20 bits per heavy atom. The highest BCUT2D eigenvalue weighted by Gasteiger charge is 2.50. The summed E-state index contributed by atoms with van der Waals surface area (Å²) >= 11 is 6.14. The number of rotatable bonds is 6. The van der Waals surface area contributed by atoms with Gasteiger partial charge in [-0.2, -0.15) is 4.99 Å². The largest absolute Gasteiger partial charge is 0.442 e. The van der Waals surface area contributed by atoms with Crippen LogP contribution in [0, 0.1) is 12.3 Å². The van der Waals surface area contributed by atoms with Gasteiger partial charge >= 0.3 is 6.09 Å². The molecule has 1 fully saturated rings. The fourth-order valence-electron chi connectivity index (χ4n) is 3.72. The molecule has 0 atom stereocenters. The summed E-state index contributed by atoms with van der Waals surface area (Å²) < 4.78 is 6.11. The predicted molar refractivity (Wildman–Crippen MR) is 131 cm³/mol. The van der Waals surface area contributed by atoms with Gasteiger partial charge in [0.25, 0.3) is 5.56 Å². The molecule has 4 rings (SSSR count). The standard InChI is InChI=1S/C24H26ClN5O5/c1-13-26-17(15-6-5-14(25)9-16(15)27-21(33)23(2,3)4)10-20(32)30(13)11-19(31)29-24(7-8-24)18-12-35-22(34)28-18/h5-6,9-10H,7-8,11-12H2,1-4H3,(H,27,33)(H,29,31). The van der Waals surface area contributed by atoms with Gasteiger partial charge in [-0.25, -0.2) is 9.78 Å². The van der Waals surface area contributed by atoms with Crippen LogP contribution in [-0.4, -0.2) is 45.3 Å². The number of anilines is 1. The molecule has 0 radical (unpaired) electrons. The van der Waals surface area contributed by atoms with Crippen LogP contribution >= 0.6 is 11.6 Å². The predicted octanol–water partition coefficient (Wildman–Crippen LogP) is 3.10. The summed E-state index contributed by atoms with van der Waals surface area (Å²) in [5.74, 6) is -0.281. The van der Waals surface area contributed by atoms with Crippen molar-refractivity contribution in [1.82, 2.24) is 14.9 Å². The minimum absolute atomic E-state index is 0.0590. The number of carbonyl (C=O) groups excluding carboxylic acids is 3. The SMILES string of the molecule is Cc1nc(-c2ccc(Cl)cc2NC(=O)C(C)(C)C)cc(=O)n1CC(=O)NC1(C2=NC(=O)OC2)CC1. The van der Waals surface area contributed by atoms with Crippen LogP contribution in [0.5, 0.6) is 0 Å². The zero-order chi connectivity index (χ0) is 25.5. The maximum absolute atomic E-state index is 13.0. The van der Waals surface area contributed by atoms with E-state index in [2.05, 4.69) is 20.6 Å². The molecule has 0 bridgehead atoms. The van der Waals surface area contributed by atoms with Gasteiger partial charge in [0.1, 0.15) is 19.0 Å². The molecule has 3 amide bonds. The fourth-order valence-corrected chi connectivity index (χ4v) is 3.89. The first kappa shape index (κ1) is 24.6. The second-order valence-corrected chi connectivity index (χ2v) is 10.2. The number of hydrogen-bond acceptors (Lipinski definition) is 6. The van der Waals surface area contributed by atoms with Gasteiger partial charge in [0.05, 0.1) is 22.6 Å². The molecule has 184 valence electrons. The molecule has 1 aliphatic carbocycles. The van der Waals surface area contributed by atoms with Gasteiger partial charge in [-0.05, 0) is 38.0 Å². The van der Waals surface area contributed by atoms with Crippen LogP contribution in [0.2, 0.25) is 5.02 Å². The van der Waals surface area contributed by atoms with Gasteiger partial charge in [-0.1, -0.05) is 32.4 Å². The van der Waals surface area contributed by atoms with E-state index < -0.39 is 28.5 Å². The number of aliphatic imine (C=N–C) groups is 1. The number of carbonyl (C=O) groups is 3. The third-order valence-electron chi connectivity index (χ3n) is 5.93. The Hall–Kier alpha value is -3.53. The minimum atomic E-state index is -0.683. The molecule has 1 aromatic carbocycles. The summed E-state index contributed by atoms with van der Waals surface area (Å²) in [6, 6.07) is 6.25. The van der Waals surface area contributed by atoms with E-state index in [1.54, 1.807) is 45.9 Å². The van der Waals surface area contributed by atoms with E-state index in [1.165, 1.54) is 10.6 Å². The highest BCUT2D eigenvalue weighted by molar-refractivity contribution is 6.31. The molecule has 1 saturated carbocycles. The number of ether oxygens (including phenoxy) is 1. The van der Waals surface area contributed by atoms with E-state index in [4.69, 9.17) is 16.3 Å². The molecule has 2 aliphatic rings. The highest BCUT2D eigenvalue weighted by Crippen LogP contribution is 2.38. The molecule has 10 nitrogen and oxygen atoms in total. The number of nitrogens with one attached hydrogen (secondary N) is 2. The number of nitrogens with zero attached hydrogens (tertiary/aromatic N) is 3. The molecule has 11 heteroatoms. The molecular formula is C24H26ClN5O5. The minimum Gasteiger partial charge on any atom is -0.442 e. The van der Waals surface area contributed by atoms with E-state index in [-0.39, 0.29) is 19.1 Å². The van der Waals surface area contributed by atoms with Crippen LogP contribution in [0.15, 0.2) is 34.1 Å². The molecule has 2 N–H and O–H groups in total. The lowest BCUT2D eigenvalue weighted by atomic mass is 9.95. The number of hydrogen-bond donors (Lipinski definition) is 2. The summed E-state index contributed by atoms with van der Waals surface area (Å²) in [6.45, 7) is 6.81. The quantitative estimate of drug-likeness (QED) is 0.627. The third kappa shape index (κ3) is 5.27. The average molecular weight is 500 g/mol. The summed E-state index contributed by atoms with van der Waals surface area (Å²) in [6.07, 6.45) is 0.644. The van der Waals surface area contributed by atoms with Gasteiger partial charge in [0, 0.05) is 22.1 Å². The summed E-state index contributed by atoms with van der Waals surface area (Å²) in [5, 5.41) is 6.16. The van der Waals surface area contributed by atoms with Crippen LogP contribution in [0.25, 0.3) is 11.3 Å². The molecule has 0 unspecified atom stereocenters. The lowest BCUT2D eigenvalue weighted by Crippen LogP contribution is -2.46. The lowest BCUT2D eigenvalue weighted by Gasteiger charge is -2.20. The lowest BCUT2D eigenvalue weighted by molar-refractivity contribution is -0.123. The Bertz CT molecular complexity index is 1320. The Morgan fingerprint density at radius 2 is 1.91 bits per heavy atom. The van der Waals surface area contributed by atoms with Crippen LogP contribution in [-0.2, 0) is 20.9 Å². The Morgan fingerprint density at radius 3 is 2.49 bits per heavy atom. The normalized spacial score (nSPS) is 16.4. The number of benzene rings is 1. The Balaban J connectivity index is 1.57. The van der Waals surface area contributed by atoms with Crippen molar-refractivity contribution in [2.45, 2.75) is 52.6 Å². The Kier molecular flexibility index (Phi) is 6.27.